The molecule has 1 fully saturated rings. The highest BCUT2D eigenvalue weighted by molar-refractivity contribution is 9.10. The minimum atomic E-state index is -0.0871. The van der Waals surface area contributed by atoms with Crippen LogP contribution in [0.5, 0.6) is 0 Å². The summed E-state index contributed by atoms with van der Waals surface area (Å²) in [6, 6.07) is 18.6. The number of amides is 1. The summed E-state index contributed by atoms with van der Waals surface area (Å²) in [6.07, 6.45) is 3.10. The van der Waals surface area contributed by atoms with Crippen molar-refractivity contribution in [2.24, 2.45) is 5.92 Å². The van der Waals surface area contributed by atoms with E-state index in [0.717, 1.165) is 23.0 Å². The lowest BCUT2D eigenvalue weighted by Crippen LogP contribution is -2.41. The van der Waals surface area contributed by atoms with Gasteiger partial charge in [0.25, 0.3) is 0 Å². The van der Waals surface area contributed by atoms with E-state index in [2.05, 4.69) is 69.3 Å². The molecule has 2 aliphatic heterocycles. The van der Waals surface area contributed by atoms with Gasteiger partial charge in [0.1, 0.15) is 0 Å². The van der Waals surface area contributed by atoms with Gasteiger partial charge in [0.2, 0.25) is 5.91 Å². The van der Waals surface area contributed by atoms with E-state index >= 15 is 0 Å². The second-order valence-corrected chi connectivity index (χ2v) is 7.71. The van der Waals surface area contributed by atoms with Gasteiger partial charge in [0, 0.05) is 24.1 Å². The third-order valence-electron chi connectivity index (χ3n) is 5.17. The van der Waals surface area contributed by atoms with Gasteiger partial charge in [-0.15, -0.1) is 0 Å². The molecule has 134 valence electrons. The smallest absolute Gasteiger partial charge is 0.229 e. The Morgan fingerprint density at radius 2 is 1.96 bits per heavy atom. The number of nitrogens with zero attached hydrogens (tertiary/aromatic N) is 1. The Labute approximate surface area is 162 Å². The van der Waals surface area contributed by atoms with Crippen molar-refractivity contribution in [2.45, 2.75) is 12.5 Å². The van der Waals surface area contributed by atoms with E-state index in [4.69, 9.17) is 0 Å². The summed E-state index contributed by atoms with van der Waals surface area (Å²) in [7, 11) is 0. The second kappa shape index (κ2) is 7.74. The zero-order chi connectivity index (χ0) is 17.9. The average Bonchev–Trinajstić information content (AvgIpc) is 3.18. The molecule has 0 spiro atoms. The Morgan fingerprint density at radius 1 is 1.12 bits per heavy atom. The van der Waals surface area contributed by atoms with Crippen LogP contribution in [0.25, 0.3) is 5.57 Å². The van der Waals surface area contributed by atoms with Gasteiger partial charge in [-0.2, -0.15) is 0 Å². The number of carbonyl (C=O) groups is 1. The van der Waals surface area contributed by atoms with Crippen LogP contribution in [-0.2, 0) is 4.79 Å². The third kappa shape index (κ3) is 3.61. The summed E-state index contributed by atoms with van der Waals surface area (Å²) in [5.74, 6) is 0.131. The third-order valence-corrected chi connectivity index (χ3v) is 5.67. The monoisotopic (exact) mass is 411 g/mol. The lowest BCUT2D eigenvalue weighted by Gasteiger charge is -2.30. The molecule has 0 bridgehead atoms. The van der Waals surface area contributed by atoms with Crippen LogP contribution >= 0.6 is 15.9 Å². The number of hydrogen-bond acceptors (Lipinski definition) is 3. The molecule has 4 rings (SSSR count). The molecular formula is C21H22BrN3O. The molecule has 1 saturated heterocycles. The Morgan fingerprint density at radius 3 is 2.69 bits per heavy atom. The van der Waals surface area contributed by atoms with Gasteiger partial charge in [-0.1, -0.05) is 64.5 Å². The van der Waals surface area contributed by atoms with Crippen molar-refractivity contribution in [3.63, 3.8) is 0 Å². The number of rotatable bonds is 3. The number of hydrazine groups is 1. The molecule has 1 amide bonds. The van der Waals surface area contributed by atoms with E-state index < -0.39 is 0 Å². The lowest BCUT2D eigenvalue weighted by atomic mass is 9.92. The highest BCUT2D eigenvalue weighted by Crippen LogP contribution is 2.30. The van der Waals surface area contributed by atoms with Gasteiger partial charge < -0.3 is 4.90 Å². The van der Waals surface area contributed by atoms with Gasteiger partial charge >= 0.3 is 0 Å². The summed E-state index contributed by atoms with van der Waals surface area (Å²) in [4.78, 5) is 15.1. The number of hydrogen-bond donors (Lipinski definition) is 2. The molecule has 2 unspecified atom stereocenters. The van der Waals surface area contributed by atoms with Crippen LogP contribution in [0.4, 0.5) is 0 Å². The molecule has 26 heavy (non-hydrogen) atoms. The Hall–Kier alpha value is -1.95. The molecule has 2 aromatic carbocycles. The van der Waals surface area contributed by atoms with Gasteiger partial charge in [-0.3, -0.25) is 10.2 Å². The first-order valence-electron chi connectivity index (χ1n) is 8.99. The minimum Gasteiger partial charge on any atom is -0.338 e. The molecule has 2 N–H and O–H groups in total. The van der Waals surface area contributed by atoms with Crippen LogP contribution in [0, 0.1) is 5.92 Å². The fraction of sp³-hybridized carbons (Fsp3) is 0.286. The maximum Gasteiger partial charge on any atom is 0.229 e. The first kappa shape index (κ1) is 17.5. The van der Waals surface area contributed by atoms with E-state index in [1.807, 2.05) is 23.1 Å². The summed E-state index contributed by atoms with van der Waals surface area (Å²) in [5.41, 5.74) is 10.2. The van der Waals surface area contributed by atoms with Crippen LogP contribution in [0.2, 0.25) is 0 Å². The zero-order valence-corrected chi connectivity index (χ0v) is 16.1. The van der Waals surface area contributed by atoms with Gasteiger partial charge in [-0.05, 0) is 35.3 Å². The number of carbonyl (C=O) groups excluding carboxylic acids is 1. The molecule has 2 atom stereocenters. The van der Waals surface area contributed by atoms with Crippen LogP contribution in [0.15, 0.2) is 65.1 Å². The molecule has 0 radical (unpaired) electrons. The maximum atomic E-state index is 13.1. The van der Waals surface area contributed by atoms with Crippen LogP contribution in [0.3, 0.4) is 0 Å². The Kier molecular flexibility index (Phi) is 5.20. The minimum absolute atomic E-state index is 0.000463. The lowest BCUT2D eigenvalue weighted by molar-refractivity contribution is -0.135. The predicted molar refractivity (Wildman–Crippen MR) is 107 cm³/mol. The average molecular weight is 412 g/mol. The summed E-state index contributed by atoms with van der Waals surface area (Å²) >= 11 is 3.52. The molecule has 0 aromatic heterocycles. The fourth-order valence-electron chi connectivity index (χ4n) is 3.76. The predicted octanol–water partition coefficient (Wildman–Crippen LogP) is 3.53. The largest absolute Gasteiger partial charge is 0.338 e. The van der Waals surface area contributed by atoms with Crippen molar-refractivity contribution in [1.82, 2.24) is 15.8 Å². The van der Waals surface area contributed by atoms with Crippen molar-refractivity contribution < 1.29 is 4.79 Å². The molecular weight excluding hydrogens is 390 g/mol. The normalized spacial score (nSPS) is 23.0. The molecule has 0 saturated carbocycles. The van der Waals surface area contributed by atoms with Crippen molar-refractivity contribution in [3.8, 4) is 0 Å². The summed E-state index contributed by atoms with van der Waals surface area (Å²) in [5, 5.41) is 0. The van der Waals surface area contributed by atoms with Gasteiger partial charge in [0.05, 0.1) is 12.0 Å². The Balaban J connectivity index is 1.47. The topological polar surface area (TPSA) is 44.4 Å². The quantitative estimate of drug-likeness (QED) is 0.811. The summed E-state index contributed by atoms with van der Waals surface area (Å²) in [6.45, 7) is 2.12. The van der Waals surface area contributed by atoms with E-state index in [1.165, 1.54) is 11.1 Å². The summed E-state index contributed by atoms with van der Waals surface area (Å²) < 4.78 is 1.03. The molecule has 2 aliphatic rings. The second-order valence-electron chi connectivity index (χ2n) is 6.79. The molecule has 0 aliphatic carbocycles. The number of benzene rings is 2. The zero-order valence-electron chi connectivity index (χ0n) is 14.5. The number of halogens is 1. The van der Waals surface area contributed by atoms with Crippen LogP contribution in [-0.4, -0.2) is 30.4 Å². The van der Waals surface area contributed by atoms with E-state index in [1.54, 1.807) is 0 Å². The standard InChI is InChI=1S/C21H22BrN3O/c22-18-8-4-7-17(13-18)20-19(14-23-24-20)21(26)25-11-9-16(10-12-25)15-5-2-1-3-6-15/h1-9,13,19-20,23-24H,10-12,14H2. The van der Waals surface area contributed by atoms with Crippen molar-refractivity contribution in [3.05, 3.63) is 76.3 Å². The van der Waals surface area contributed by atoms with Crippen molar-refractivity contribution >= 4 is 27.4 Å². The highest BCUT2D eigenvalue weighted by atomic mass is 79.9. The van der Waals surface area contributed by atoms with Gasteiger partial charge in [0.15, 0.2) is 0 Å². The van der Waals surface area contributed by atoms with Crippen LogP contribution in [0.1, 0.15) is 23.6 Å². The number of nitrogens with one attached hydrogen (secondary N) is 2. The van der Waals surface area contributed by atoms with E-state index in [0.29, 0.717) is 13.1 Å². The first-order valence-corrected chi connectivity index (χ1v) is 9.79. The fourth-order valence-corrected chi connectivity index (χ4v) is 4.18. The molecule has 2 heterocycles. The van der Waals surface area contributed by atoms with Crippen molar-refractivity contribution in [2.75, 3.05) is 19.6 Å². The van der Waals surface area contributed by atoms with Crippen molar-refractivity contribution in [1.29, 1.82) is 0 Å². The highest BCUT2D eigenvalue weighted by Gasteiger charge is 2.36. The van der Waals surface area contributed by atoms with E-state index in [-0.39, 0.29) is 17.9 Å². The molecule has 4 nitrogen and oxygen atoms in total. The van der Waals surface area contributed by atoms with E-state index in [9.17, 15) is 4.79 Å². The first-order chi connectivity index (χ1) is 12.7. The Bertz CT molecular complexity index is 821. The SMILES string of the molecule is O=C(C1CNNC1c1cccc(Br)c1)N1CC=C(c2ccccc2)CC1. The maximum absolute atomic E-state index is 13.1. The molecule has 2 aromatic rings. The molecule has 5 heteroatoms. The van der Waals surface area contributed by atoms with Crippen LogP contribution < -0.4 is 10.9 Å². The van der Waals surface area contributed by atoms with Gasteiger partial charge in [-0.25, -0.2) is 5.43 Å².